The van der Waals surface area contributed by atoms with Gasteiger partial charge in [-0.3, -0.25) is 14.7 Å². The van der Waals surface area contributed by atoms with E-state index in [1.807, 2.05) is 45.0 Å². The molecule has 0 radical (unpaired) electrons. The number of hydrogen-bond donors (Lipinski definition) is 0. The summed E-state index contributed by atoms with van der Waals surface area (Å²) in [5.74, 6) is 0.582. The van der Waals surface area contributed by atoms with Crippen molar-refractivity contribution in [2.24, 2.45) is 0 Å². The fourth-order valence-corrected chi connectivity index (χ4v) is 3.96. The second-order valence-electron chi connectivity index (χ2n) is 8.55. The molecule has 2 aromatic heterocycles. The lowest BCUT2D eigenvalue weighted by atomic mass is 10.1. The highest BCUT2D eigenvalue weighted by molar-refractivity contribution is 6.35. The van der Waals surface area contributed by atoms with Crippen LogP contribution in [0.3, 0.4) is 0 Å². The van der Waals surface area contributed by atoms with Gasteiger partial charge < -0.3 is 9.47 Å². The highest BCUT2D eigenvalue weighted by atomic mass is 35.5. The first-order chi connectivity index (χ1) is 14.3. The number of aromatic nitrogens is 2. The van der Waals surface area contributed by atoms with Crippen LogP contribution in [0.4, 0.5) is 5.82 Å². The number of ether oxygens (including phenoxy) is 2. The van der Waals surface area contributed by atoms with Gasteiger partial charge in [0.05, 0.1) is 22.9 Å². The maximum atomic E-state index is 13.3. The van der Waals surface area contributed by atoms with Crippen LogP contribution >= 0.6 is 11.6 Å². The van der Waals surface area contributed by atoms with Crippen LogP contribution in [0.25, 0.3) is 11.6 Å². The molecule has 0 spiro atoms. The Morgan fingerprint density at radius 2 is 2.17 bits per heavy atom. The zero-order valence-corrected chi connectivity index (χ0v) is 18.3. The number of fused-ring (bicyclic) bond motifs is 1. The monoisotopic (exact) mass is 427 g/mol. The average Bonchev–Trinajstić information content (AvgIpc) is 3.00. The van der Waals surface area contributed by atoms with E-state index in [1.54, 1.807) is 17.3 Å². The van der Waals surface area contributed by atoms with E-state index in [1.165, 1.54) is 0 Å². The average molecular weight is 428 g/mol. The molecule has 30 heavy (non-hydrogen) atoms. The van der Waals surface area contributed by atoms with E-state index in [0.717, 1.165) is 37.0 Å². The lowest BCUT2D eigenvalue weighted by molar-refractivity contribution is -0.169. The van der Waals surface area contributed by atoms with Gasteiger partial charge >= 0.3 is 0 Å². The van der Waals surface area contributed by atoms with Crippen molar-refractivity contribution in [3.63, 3.8) is 0 Å². The fourth-order valence-electron chi connectivity index (χ4n) is 3.78. The maximum absolute atomic E-state index is 13.3. The molecule has 1 atom stereocenters. The first-order valence-electron chi connectivity index (χ1n) is 10.2. The maximum Gasteiger partial charge on any atom is 0.260 e. The van der Waals surface area contributed by atoms with Gasteiger partial charge in [-0.2, -0.15) is 0 Å². The van der Waals surface area contributed by atoms with Crippen LogP contribution in [-0.2, 0) is 20.9 Å². The van der Waals surface area contributed by atoms with Crippen LogP contribution in [0.1, 0.15) is 56.9 Å². The molecule has 4 heterocycles. The van der Waals surface area contributed by atoms with Crippen molar-refractivity contribution in [3.05, 3.63) is 52.4 Å². The van der Waals surface area contributed by atoms with Gasteiger partial charge in [0.1, 0.15) is 5.82 Å². The summed E-state index contributed by atoms with van der Waals surface area (Å²) < 4.78 is 11.6. The number of nitrogens with zero attached hydrogens (tertiary/aromatic N) is 3. The third-order valence-corrected chi connectivity index (χ3v) is 5.41. The molecule has 4 rings (SSSR count). The standard InChI is InChI=1S/C23H26ClN3O3/c1-23(2,3)27-21-17(7-6-9-25-21)18(22(27)28)12-19-15(11-16(24)13-26-19)14-30-20-8-4-5-10-29-20/h6-7,9,11-13,20H,4-5,8,10,14H2,1-3H3/b18-12-. The van der Waals surface area contributed by atoms with Crippen molar-refractivity contribution in [2.75, 3.05) is 11.5 Å². The number of carbonyl (C=O) groups is 1. The van der Waals surface area contributed by atoms with E-state index in [-0.39, 0.29) is 12.2 Å². The number of halogens is 1. The third kappa shape index (κ3) is 4.26. The Kier molecular flexibility index (Phi) is 5.91. The molecule has 0 aliphatic carbocycles. The first kappa shape index (κ1) is 21.0. The number of pyridine rings is 2. The number of anilines is 1. The minimum absolute atomic E-state index is 0.0876. The summed E-state index contributed by atoms with van der Waals surface area (Å²) in [6.45, 7) is 7.02. The Morgan fingerprint density at radius 3 is 2.90 bits per heavy atom. The number of carbonyl (C=O) groups excluding carboxylic acids is 1. The van der Waals surface area contributed by atoms with Gasteiger partial charge in [-0.15, -0.1) is 0 Å². The molecule has 0 aromatic carbocycles. The van der Waals surface area contributed by atoms with Crippen molar-refractivity contribution in [1.29, 1.82) is 0 Å². The Bertz CT molecular complexity index is 978. The molecule has 2 aliphatic rings. The molecule has 0 N–H and O–H groups in total. The van der Waals surface area contributed by atoms with Crippen molar-refractivity contribution in [1.82, 2.24) is 9.97 Å². The highest BCUT2D eigenvalue weighted by Crippen LogP contribution is 2.40. The van der Waals surface area contributed by atoms with Crippen LogP contribution < -0.4 is 4.90 Å². The molecule has 7 heteroatoms. The number of hydrogen-bond acceptors (Lipinski definition) is 5. The minimum Gasteiger partial charge on any atom is -0.353 e. The Labute approximate surface area is 181 Å². The lowest BCUT2D eigenvalue weighted by Gasteiger charge is -2.31. The molecule has 2 aromatic rings. The summed E-state index contributed by atoms with van der Waals surface area (Å²) in [6.07, 6.45) is 7.92. The molecule has 1 amide bonds. The summed E-state index contributed by atoms with van der Waals surface area (Å²) in [5, 5.41) is 0.524. The van der Waals surface area contributed by atoms with Gasteiger partial charge in [-0.1, -0.05) is 11.6 Å². The summed E-state index contributed by atoms with van der Waals surface area (Å²) in [5.41, 5.74) is 2.45. The van der Waals surface area contributed by atoms with Crippen LogP contribution in [0, 0.1) is 0 Å². The summed E-state index contributed by atoms with van der Waals surface area (Å²) in [4.78, 5) is 24.0. The Balaban J connectivity index is 1.68. The van der Waals surface area contributed by atoms with Crippen LogP contribution in [0.15, 0.2) is 30.6 Å². The summed E-state index contributed by atoms with van der Waals surface area (Å²) >= 11 is 6.19. The van der Waals surface area contributed by atoms with Crippen molar-refractivity contribution < 1.29 is 14.3 Å². The molecule has 1 fully saturated rings. The summed E-state index contributed by atoms with van der Waals surface area (Å²) in [7, 11) is 0. The van der Waals surface area contributed by atoms with Crippen molar-refractivity contribution in [3.8, 4) is 0 Å². The van der Waals surface area contributed by atoms with Gasteiger partial charge in [0, 0.05) is 35.7 Å². The molecule has 0 saturated carbocycles. The largest absolute Gasteiger partial charge is 0.353 e. The molecule has 2 aliphatic heterocycles. The molecular weight excluding hydrogens is 402 g/mol. The Morgan fingerprint density at radius 1 is 1.33 bits per heavy atom. The first-order valence-corrected chi connectivity index (χ1v) is 10.6. The molecule has 1 unspecified atom stereocenters. The normalized spacial score (nSPS) is 20.7. The lowest BCUT2D eigenvalue weighted by Crippen LogP contribution is -2.43. The molecule has 1 saturated heterocycles. The van der Waals surface area contributed by atoms with Crippen LogP contribution in [0.2, 0.25) is 5.02 Å². The fraction of sp³-hybridized carbons (Fsp3) is 0.435. The van der Waals surface area contributed by atoms with Gasteiger partial charge in [0.15, 0.2) is 6.29 Å². The highest BCUT2D eigenvalue weighted by Gasteiger charge is 2.40. The molecular formula is C23H26ClN3O3. The Hall–Kier alpha value is -2.28. The van der Waals surface area contributed by atoms with E-state index >= 15 is 0 Å². The van der Waals surface area contributed by atoms with Crippen molar-refractivity contribution in [2.45, 2.75) is 58.5 Å². The molecule has 0 bridgehead atoms. The van der Waals surface area contributed by atoms with Gasteiger partial charge in [0.2, 0.25) is 0 Å². The SMILES string of the molecule is CC(C)(C)N1C(=O)/C(=C\c2ncc(Cl)cc2COC2CCCCO2)c2cccnc21. The third-order valence-electron chi connectivity index (χ3n) is 5.20. The van der Waals surface area contributed by atoms with E-state index < -0.39 is 5.54 Å². The van der Waals surface area contributed by atoms with E-state index in [0.29, 0.717) is 28.7 Å². The van der Waals surface area contributed by atoms with Gasteiger partial charge in [-0.05, 0) is 64.3 Å². The van der Waals surface area contributed by atoms with Gasteiger partial charge in [0.25, 0.3) is 5.91 Å². The zero-order chi connectivity index (χ0) is 21.3. The minimum atomic E-state index is -0.395. The van der Waals surface area contributed by atoms with Gasteiger partial charge in [-0.25, -0.2) is 4.98 Å². The van der Waals surface area contributed by atoms with E-state index in [9.17, 15) is 4.79 Å². The quantitative estimate of drug-likeness (QED) is 0.652. The van der Waals surface area contributed by atoms with E-state index in [2.05, 4.69) is 9.97 Å². The predicted molar refractivity (Wildman–Crippen MR) is 117 cm³/mol. The smallest absolute Gasteiger partial charge is 0.260 e. The number of rotatable bonds is 4. The second kappa shape index (κ2) is 8.46. The topological polar surface area (TPSA) is 64.6 Å². The van der Waals surface area contributed by atoms with Crippen LogP contribution in [-0.4, -0.2) is 34.3 Å². The second-order valence-corrected chi connectivity index (χ2v) is 8.99. The summed E-state index contributed by atoms with van der Waals surface area (Å²) in [6, 6.07) is 5.58. The van der Waals surface area contributed by atoms with Crippen LogP contribution in [0.5, 0.6) is 0 Å². The molecule has 6 nitrogen and oxygen atoms in total. The number of amides is 1. The molecule has 158 valence electrons. The van der Waals surface area contributed by atoms with E-state index in [4.69, 9.17) is 21.1 Å². The van der Waals surface area contributed by atoms with Crippen molar-refractivity contribution >= 4 is 35.0 Å². The zero-order valence-electron chi connectivity index (χ0n) is 17.5. The predicted octanol–water partition coefficient (Wildman–Crippen LogP) is 4.86.